The van der Waals surface area contributed by atoms with Gasteiger partial charge < -0.3 is 0 Å². The van der Waals surface area contributed by atoms with Gasteiger partial charge in [-0.2, -0.15) is 0 Å². The molecule has 2 unspecified atom stereocenters. The molecule has 0 aliphatic heterocycles. The van der Waals surface area contributed by atoms with E-state index in [1.807, 2.05) is 0 Å². The molecular formula is C5H9Br2NO2. The molecule has 0 aliphatic carbocycles. The minimum atomic E-state index is -1.01. The van der Waals surface area contributed by atoms with Crippen LogP contribution in [0.1, 0.15) is 20.3 Å². The minimum Gasteiger partial charge on any atom is -0.263 e. The highest BCUT2D eigenvalue weighted by Gasteiger charge is 2.42. The third-order valence-electron chi connectivity index (χ3n) is 1.41. The average molecular weight is 275 g/mol. The van der Waals surface area contributed by atoms with Gasteiger partial charge in [0.1, 0.15) is 0 Å². The number of nitrogens with zero attached hydrogens (tertiary/aromatic N) is 1. The second kappa shape index (κ2) is 3.67. The molecule has 0 N–H and O–H groups in total. The summed E-state index contributed by atoms with van der Waals surface area (Å²) in [5.41, 5.74) is 0. The van der Waals surface area contributed by atoms with Gasteiger partial charge in [-0.3, -0.25) is 10.1 Å². The average Bonchev–Trinajstić information content (AvgIpc) is 1.85. The monoisotopic (exact) mass is 273 g/mol. The van der Waals surface area contributed by atoms with Gasteiger partial charge in [-0.25, -0.2) is 0 Å². The zero-order valence-electron chi connectivity index (χ0n) is 5.80. The van der Waals surface area contributed by atoms with Crippen LogP contribution in [0.2, 0.25) is 0 Å². The largest absolute Gasteiger partial charge is 0.286 e. The molecule has 0 saturated heterocycles. The molecule has 10 heavy (non-hydrogen) atoms. The Hall–Kier alpha value is 0.360. The molecule has 0 rings (SSSR count). The van der Waals surface area contributed by atoms with Gasteiger partial charge in [-0.05, 0) is 6.92 Å². The van der Waals surface area contributed by atoms with Crippen LogP contribution in [0.4, 0.5) is 0 Å². The number of nitro groups is 1. The minimum absolute atomic E-state index is 0.167. The molecule has 0 saturated carbocycles. The lowest BCUT2D eigenvalue weighted by molar-refractivity contribution is -0.534. The van der Waals surface area contributed by atoms with Crippen LogP contribution in [0.5, 0.6) is 0 Å². The Bertz CT molecular complexity index is 140. The summed E-state index contributed by atoms with van der Waals surface area (Å²) in [5, 5.41) is 10.4. The fraction of sp³-hybridized carbons (Fsp3) is 1.00. The van der Waals surface area contributed by atoms with Gasteiger partial charge in [0.2, 0.25) is 0 Å². The topological polar surface area (TPSA) is 43.1 Å². The van der Waals surface area contributed by atoms with E-state index in [1.165, 1.54) is 0 Å². The Labute approximate surface area is 76.6 Å². The van der Waals surface area contributed by atoms with Crippen LogP contribution >= 0.6 is 31.9 Å². The standard InChI is InChI=1S/C5H9Br2NO2/c1-3-5(7,4(2)6)8(9)10/h4H,3H2,1-2H3. The highest BCUT2D eigenvalue weighted by molar-refractivity contribution is 9.12. The van der Waals surface area contributed by atoms with Crippen LogP contribution in [0.3, 0.4) is 0 Å². The predicted octanol–water partition coefficient (Wildman–Crippen LogP) is 2.55. The second-order valence-corrected chi connectivity index (χ2v) is 4.79. The van der Waals surface area contributed by atoms with Crippen molar-refractivity contribution in [2.45, 2.75) is 29.5 Å². The first kappa shape index (κ1) is 10.4. The molecule has 0 heterocycles. The molecule has 0 spiro atoms. The molecule has 2 atom stereocenters. The van der Waals surface area contributed by atoms with Crippen LogP contribution < -0.4 is 0 Å². The van der Waals surface area contributed by atoms with E-state index >= 15 is 0 Å². The summed E-state index contributed by atoms with van der Waals surface area (Å²) < 4.78 is -1.01. The molecule has 60 valence electrons. The first-order valence-electron chi connectivity index (χ1n) is 2.92. The van der Waals surface area contributed by atoms with Crippen molar-refractivity contribution in [2.75, 3.05) is 0 Å². The smallest absolute Gasteiger partial charge is 0.263 e. The maximum atomic E-state index is 10.4. The molecule has 0 amide bonds. The molecule has 5 heteroatoms. The molecule has 0 radical (unpaired) electrons. The van der Waals surface area contributed by atoms with E-state index in [2.05, 4.69) is 31.9 Å². The lowest BCUT2D eigenvalue weighted by Crippen LogP contribution is -2.38. The van der Waals surface area contributed by atoms with E-state index < -0.39 is 4.45 Å². The molecule has 0 aromatic rings. The van der Waals surface area contributed by atoms with E-state index in [4.69, 9.17) is 0 Å². The van der Waals surface area contributed by atoms with E-state index in [0.29, 0.717) is 6.42 Å². The zero-order chi connectivity index (χ0) is 8.36. The highest BCUT2D eigenvalue weighted by atomic mass is 79.9. The maximum Gasteiger partial charge on any atom is 0.286 e. The molecule has 0 bridgehead atoms. The Morgan fingerprint density at radius 2 is 2.20 bits per heavy atom. The normalized spacial score (nSPS) is 19.6. The van der Waals surface area contributed by atoms with Crippen LogP contribution in [0.25, 0.3) is 0 Å². The fourth-order valence-corrected chi connectivity index (χ4v) is 1.05. The third kappa shape index (κ3) is 1.92. The van der Waals surface area contributed by atoms with Crippen molar-refractivity contribution in [2.24, 2.45) is 0 Å². The van der Waals surface area contributed by atoms with Gasteiger partial charge in [0.25, 0.3) is 4.45 Å². The molecular weight excluding hydrogens is 266 g/mol. The Balaban J connectivity index is 4.38. The van der Waals surface area contributed by atoms with Crippen LogP contribution in [0, 0.1) is 10.1 Å². The van der Waals surface area contributed by atoms with Crippen molar-refractivity contribution >= 4 is 31.9 Å². The van der Waals surface area contributed by atoms with Crippen LogP contribution in [0.15, 0.2) is 0 Å². The van der Waals surface area contributed by atoms with Crippen molar-refractivity contribution in [3.63, 3.8) is 0 Å². The molecule has 0 aromatic carbocycles. The van der Waals surface area contributed by atoms with E-state index in [-0.39, 0.29) is 9.75 Å². The molecule has 0 aromatic heterocycles. The molecule has 0 fully saturated rings. The van der Waals surface area contributed by atoms with Gasteiger partial charge >= 0.3 is 0 Å². The van der Waals surface area contributed by atoms with Gasteiger partial charge in [-0.1, -0.05) is 22.9 Å². The first-order valence-corrected chi connectivity index (χ1v) is 4.63. The van der Waals surface area contributed by atoms with E-state index in [0.717, 1.165) is 0 Å². The predicted molar refractivity (Wildman–Crippen MR) is 47.3 cm³/mol. The van der Waals surface area contributed by atoms with Gasteiger partial charge in [-0.15, -0.1) is 0 Å². The van der Waals surface area contributed by atoms with Gasteiger partial charge in [0.15, 0.2) is 0 Å². The summed E-state index contributed by atoms with van der Waals surface area (Å²) in [4.78, 5) is 9.94. The molecule has 0 aliphatic rings. The Morgan fingerprint density at radius 1 is 1.80 bits per heavy atom. The fourth-order valence-electron chi connectivity index (χ4n) is 0.556. The lowest BCUT2D eigenvalue weighted by Gasteiger charge is -2.18. The zero-order valence-corrected chi connectivity index (χ0v) is 8.98. The summed E-state index contributed by atoms with van der Waals surface area (Å²) in [5.74, 6) is 0. The van der Waals surface area contributed by atoms with Crippen molar-refractivity contribution in [3.05, 3.63) is 10.1 Å². The summed E-state index contributed by atoms with van der Waals surface area (Å²) in [6.07, 6.45) is 0.465. The number of halogens is 2. The summed E-state index contributed by atoms with van der Waals surface area (Å²) in [6.45, 7) is 3.52. The highest BCUT2D eigenvalue weighted by Crippen LogP contribution is 2.31. The maximum absolute atomic E-state index is 10.4. The van der Waals surface area contributed by atoms with E-state index in [9.17, 15) is 10.1 Å². The van der Waals surface area contributed by atoms with Gasteiger partial charge in [0.05, 0.1) is 4.83 Å². The third-order valence-corrected chi connectivity index (χ3v) is 4.32. The number of alkyl halides is 2. The van der Waals surface area contributed by atoms with Crippen molar-refractivity contribution in [1.29, 1.82) is 0 Å². The number of hydrogen-bond acceptors (Lipinski definition) is 2. The molecule has 3 nitrogen and oxygen atoms in total. The first-order chi connectivity index (χ1) is 4.45. The summed E-state index contributed by atoms with van der Waals surface area (Å²) in [7, 11) is 0. The quantitative estimate of drug-likeness (QED) is 0.344. The summed E-state index contributed by atoms with van der Waals surface area (Å²) in [6, 6.07) is 0. The van der Waals surface area contributed by atoms with Gasteiger partial charge in [0, 0.05) is 27.3 Å². The number of rotatable bonds is 3. The van der Waals surface area contributed by atoms with Crippen LogP contribution in [-0.2, 0) is 0 Å². The summed E-state index contributed by atoms with van der Waals surface area (Å²) >= 11 is 6.24. The van der Waals surface area contributed by atoms with Crippen molar-refractivity contribution in [3.8, 4) is 0 Å². The van der Waals surface area contributed by atoms with E-state index in [1.54, 1.807) is 13.8 Å². The lowest BCUT2D eigenvalue weighted by atomic mass is 10.2. The van der Waals surface area contributed by atoms with Crippen molar-refractivity contribution < 1.29 is 4.92 Å². The SMILES string of the molecule is CCC(Br)(C(C)Br)[N+](=O)[O-]. The van der Waals surface area contributed by atoms with Crippen molar-refractivity contribution in [1.82, 2.24) is 0 Å². The Morgan fingerprint density at radius 3 is 2.20 bits per heavy atom. The number of hydrogen-bond donors (Lipinski definition) is 0. The second-order valence-electron chi connectivity index (χ2n) is 2.05. The Kier molecular flexibility index (Phi) is 3.80. The van der Waals surface area contributed by atoms with Crippen LogP contribution in [-0.4, -0.2) is 14.2 Å².